The van der Waals surface area contributed by atoms with E-state index < -0.39 is 22.9 Å². The summed E-state index contributed by atoms with van der Waals surface area (Å²) < 4.78 is 62.7. The van der Waals surface area contributed by atoms with Crippen LogP contribution in [0.15, 0.2) is 116 Å². The number of benzene rings is 4. The van der Waals surface area contributed by atoms with Crippen molar-refractivity contribution in [2.24, 2.45) is 0 Å². The first kappa shape index (κ1) is 56.1. The summed E-state index contributed by atoms with van der Waals surface area (Å²) in [6.45, 7) is 3.81. The van der Waals surface area contributed by atoms with E-state index >= 15 is 8.78 Å². The second-order valence-corrected chi connectivity index (χ2v) is 22.0. The maximum absolute atomic E-state index is 15.6. The van der Waals surface area contributed by atoms with E-state index in [9.17, 15) is 18.9 Å². The molecule has 0 saturated heterocycles. The zero-order chi connectivity index (χ0) is 49.5. The van der Waals surface area contributed by atoms with Crippen LogP contribution < -0.4 is 9.47 Å². The number of methoxy groups -OCH3 is 2. The number of imidazole rings is 1. The molecule has 4 aromatic carbocycles. The van der Waals surface area contributed by atoms with E-state index in [1.54, 1.807) is 116 Å². The molecule has 7 rings (SSSR count). The molecule has 11 nitrogen and oxygen atoms in total. The lowest BCUT2D eigenvalue weighted by Gasteiger charge is -2.14. The van der Waals surface area contributed by atoms with Crippen molar-refractivity contribution in [3.8, 4) is 33.8 Å². The van der Waals surface area contributed by atoms with E-state index in [1.807, 2.05) is 18.2 Å². The summed E-state index contributed by atoms with van der Waals surface area (Å²) in [5, 5.41) is -2.20. The van der Waals surface area contributed by atoms with Gasteiger partial charge in [0.1, 0.15) is 23.1 Å². The normalized spacial score (nSPS) is 10.7. The Balaban J connectivity index is 0.000000270. The molecule has 0 unspecified atom stereocenters. The zero-order valence-corrected chi connectivity index (χ0v) is 42.6. The number of Topliss-reactive ketones (excluding diaryl/α,β-unsaturated/α-hetero) is 1. The van der Waals surface area contributed by atoms with Crippen molar-refractivity contribution in [3.63, 3.8) is 0 Å². The lowest BCUT2D eigenvalue weighted by molar-refractivity contribution is -0.153. The van der Waals surface area contributed by atoms with Crippen LogP contribution in [0.2, 0.25) is 10.0 Å². The molecule has 7 aromatic rings. The van der Waals surface area contributed by atoms with Crippen LogP contribution in [-0.2, 0) is 42.9 Å². The summed E-state index contributed by atoms with van der Waals surface area (Å²) in [6.07, 6.45) is 6.03. The summed E-state index contributed by atoms with van der Waals surface area (Å²) in [5.41, 5.74) is 6.02. The minimum Gasteiger partial charge on any atom is -0.496 e. The van der Waals surface area contributed by atoms with Gasteiger partial charge < -0.3 is 26.4 Å². The van der Waals surface area contributed by atoms with Crippen LogP contribution in [0.3, 0.4) is 0 Å². The first-order valence-electron chi connectivity index (χ1n) is 20.6. The van der Waals surface area contributed by atoms with Crippen LogP contribution in [-0.4, -0.2) is 59.5 Å². The Bertz CT molecular complexity index is 2940. The van der Waals surface area contributed by atoms with Crippen molar-refractivity contribution in [3.05, 3.63) is 179 Å². The van der Waals surface area contributed by atoms with Crippen LogP contribution in [0, 0.1) is 19.1 Å². The molecule has 0 aliphatic carbocycles. The van der Waals surface area contributed by atoms with Gasteiger partial charge in [-0.25, -0.2) is 23.4 Å². The van der Waals surface area contributed by atoms with Gasteiger partial charge in [-0.2, -0.15) is 0 Å². The fraction of sp³-hybridized carbons (Fsp3) is 0.200. The highest BCUT2D eigenvalue weighted by atomic mass is 36.0. The second-order valence-electron chi connectivity index (χ2n) is 14.4. The molecule has 0 N–H and O–H groups in total. The number of carbonyl (C=O) groups excluding carboxylic acids is 3. The van der Waals surface area contributed by atoms with Gasteiger partial charge in [0.15, 0.2) is 0 Å². The highest BCUT2D eigenvalue weighted by Crippen LogP contribution is 2.61. The number of hydrogen-bond donors (Lipinski definition) is 0. The summed E-state index contributed by atoms with van der Waals surface area (Å²) in [5.74, 6) is -1.62. The van der Waals surface area contributed by atoms with Crippen LogP contribution >= 0.6 is 62.1 Å². The van der Waals surface area contributed by atoms with Gasteiger partial charge >= 0.3 is 17.1 Å². The van der Waals surface area contributed by atoms with Gasteiger partial charge in [-0.15, -0.1) is 0 Å². The SMILES string of the molecule is CCOC(=O)C(=O)CCc1ccc(Cc2ccc(OC)c(-c3cccc(Cl)c3)c2F)cn1.CCOC(=O)c1ncc2ccc(Cc3ccc(OC)c(-c4cccc(Cl)c4)c3F)cn12.O=P(Cl)(Cl)Cl.[CH3-]. The number of carbonyl (C=O) groups is 3. The van der Waals surface area contributed by atoms with Gasteiger partial charge in [0.2, 0.25) is 11.6 Å². The lowest BCUT2D eigenvalue weighted by atomic mass is 9.97. The molecule has 0 spiro atoms. The number of pyridine rings is 2. The average molecular weight is 1060 g/mol. The van der Waals surface area contributed by atoms with Gasteiger partial charge in [0, 0.05) is 47.4 Å². The van der Waals surface area contributed by atoms with E-state index in [0.717, 1.165) is 16.6 Å². The first-order valence-corrected chi connectivity index (χ1v) is 25.8. The summed E-state index contributed by atoms with van der Waals surface area (Å²) >= 11 is 26.0. The molecular weight excluding hydrogens is 1020 g/mol. The molecule has 0 bridgehead atoms. The van der Waals surface area contributed by atoms with Gasteiger partial charge in [0.25, 0.3) is 0 Å². The molecule has 0 aliphatic heterocycles. The van der Waals surface area contributed by atoms with E-state index in [0.29, 0.717) is 79.9 Å². The molecule has 3 aromatic heterocycles. The van der Waals surface area contributed by atoms with E-state index in [-0.39, 0.29) is 44.5 Å². The zero-order valence-electron chi connectivity index (χ0n) is 37.9. The highest BCUT2D eigenvalue weighted by Gasteiger charge is 2.20. The van der Waals surface area contributed by atoms with Crippen molar-refractivity contribution < 1.29 is 46.7 Å². The van der Waals surface area contributed by atoms with Gasteiger partial charge in [0.05, 0.1) is 50.3 Å². The molecule has 0 radical (unpaired) electrons. The minimum atomic E-state index is -3.22. The van der Waals surface area contributed by atoms with Crippen LogP contribution in [0.1, 0.15) is 58.8 Å². The quantitative estimate of drug-likeness (QED) is 0.0422. The molecule has 364 valence electrons. The molecule has 19 heteroatoms. The van der Waals surface area contributed by atoms with Crippen LogP contribution in [0.25, 0.3) is 27.8 Å². The first-order chi connectivity index (χ1) is 32.4. The number of esters is 2. The van der Waals surface area contributed by atoms with Crippen LogP contribution in [0.5, 0.6) is 11.5 Å². The number of rotatable bonds is 15. The Morgan fingerprint density at radius 2 is 1.20 bits per heavy atom. The number of nitrogens with zero attached hydrogens (tertiary/aromatic N) is 3. The predicted molar refractivity (Wildman–Crippen MR) is 269 cm³/mol. The number of fused-ring (bicyclic) bond motifs is 1. The summed E-state index contributed by atoms with van der Waals surface area (Å²) in [7, 11) is 3.00. The van der Waals surface area contributed by atoms with Crippen molar-refractivity contribution in [1.82, 2.24) is 14.4 Å². The summed E-state index contributed by atoms with van der Waals surface area (Å²) in [4.78, 5) is 43.8. The topological polar surface area (TPSA) is 135 Å². The molecule has 0 fully saturated rings. The smallest absolute Gasteiger partial charge is 0.374 e. The number of hydrogen-bond acceptors (Lipinski definition) is 10. The van der Waals surface area contributed by atoms with Gasteiger partial charge in [-0.05, 0) is 136 Å². The molecule has 0 saturated carbocycles. The fourth-order valence-corrected chi connectivity index (χ4v) is 7.21. The molecule has 69 heavy (non-hydrogen) atoms. The summed E-state index contributed by atoms with van der Waals surface area (Å²) in [6, 6.07) is 28.2. The lowest BCUT2D eigenvalue weighted by Crippen LogP contribution is -2.17. The Morgan fingerprint density at radius 1 is 0.681 bits per heavy atom. The largest absolute Gasteiger partial charge is 0.496 e. The molecule has 3 heterocycles. The Hall–Kier alpha value is -5.53. The Labute approximate surface area is 423 Å². The van der Waals surface area contributed by atoms with Crippen molar-refractivity contribution >= 4 is 85.4 Å². The van der Waals surface area contributed by atoms with Gasteiger partial charge in [-0.1, -0.05) is 71.7 Å². The number of ether oxygens (including phenoxy) is 4. The fourth-order valence-electron chi connectivity index (χ4n) is 6.83. The molecule has 0 atom stereocenters. The maximum atomic E-state index is 15.6. The second kappa shape index (κ2) is 26.4. The van der Waals surface area contributed by atoms with E-state index in [2.05, 4.69) is 43.7 Å². The standard InChI is InChI=1S/C25H23ClFNO4.C24H20ClFN2O3.CH3.Cl3OP/c1-3-32-25(30)21(29)11-10-20-9-7-16(15-28-20)13-18-8-12-22(31-2)23(24(18)27)17-5-4-6-19(26)14-17;1-3-31-24(29)23-27-13-19-9-7-15(14-28(19)23)11-17-8-10-20(30-2)21(22(17)26)16-5-4-6-18(25)12-16;;1-5(2,3)4/h4-9,12,14-15H,3,10-11,13H2,1-2H3;4-10,12-14H,3,11H2,1-2H3;1H3;/q;;-1;. The van der Waals surface area contributed by atoms with E-state index in [1.165, 1.54) is 14.2 Å². The van der Waals surface area contributed by atoms with E-state index in [4.69, 9.17) is 42.1 Å². The third-order valence-corrected chi connectivity index (χ3v) is 10.3. The number of ketones is 1. The Morgan fingerprint density at radius 3 is 1.68 bits per heavy atom. The minimum absolute atomic E-state index is 0. The number of halogens is 7. The van der Waals surface area contributed by atoms with Gasteiger partial charge in [-0.3, -0.25) is 18.7 Å². The number of aromatic nitrogens is 3. The molecule has 0 aliphatic rings. The predicted octanol–water partition coefficient (Wildman–Crippen LogP) is 14.0. The van der Waals surface area contributed by atoms with Crippen molar-refractivity contribution in [2.75, 3.05) is 27.4 Å². The molecular formula is C50H46Cl5F2N3O8P-. The highest BCUT2D eigenvalue weighted by molar-refractivity contribution is 8.24. The number of aryl methyl sites for hydroxylation is 1. The van der Waals surface area contributed by atoms with Crippen molar-refractivity contribution in [1.29, 1.82) is 0 Å². The maximum Gasteiger partial charge on any atom is 0.374 e. The van der Waals surface area contributed by atoms with Crippen molar-refractivity contribution in [2.45, 2.75) is 39.5 Å². The third kappa shape index (κ3) is 16.0. The van der Waals surface area contributed by atoms with Crippen LogP contribution in [0.4, 0.5) is 8.78 Å². The third-order valence-electron chi connectivity index (χ3n) is 9.87. The monoisotopic (exact) mass is 1060 g/mol. The average Bonchev–Trinajstić information content (AvgIpc) is 3.73. The molecule has 0 amide bonds. The Kier molecular flexibility index (Phi) is 21.5.